The van der Waals surface area contributed by atoms with Crippen LogP contribution >= 0.6 is 11.6 Å². The Morgan fingerprint density at radius 1 is 1.47 bits per heavy atom. The Hall–Kier alpha value is -0.600. The number of rotatable bonds is 6. The van der Waals surface area contributed by atoms with Crippen molar-refractivity contribution in [1.29, 1.82) is 0 Å². The molecular formula is C12H19ClN2. The molecule has 1 aromatic rings. The predicted molar refractivity (Wildman–Crippen MR) is 65.2 cm³/mol. The van der Waals surface area contributed by atoms with Crippen molar-refractivity contribution >= 4 is 11.6 Å². The van der Waals surface area contributed by atoms with E-state index in [4.69, 9.17) is 11.6 Å². The highest BCUT2D eigenvalue weighted by Gasteiger charge is 2.11. The van der Waals surface area contributed by atoms with Crippen LogP contribution in [0.5, 0.6) is 0 Å². The molecule has 0 aromatic carbocycles. The largest absolute Gasteiger partial charge is 0.313 e. The normalized spacial score (nSPS) is 12.7. The molecule has 0 amide bonds. The highest BCUT2D eigenvalue weighted by Crippen LogP contribution is 2.25. The molecule has 1 atom stereocenters. The molecule has 15 heavy (non-hydrogen) atoms. The lowest BCUT2D eigenvalue weighted by molar-refractivity contribution is 0.511. The highest BCUT2D eigenvalue weighted by molar-refractivity contribution is 6.31. The molecular weight excluding hydrogens is 208 g/mol. The SMILES string of the molecule is CCCCCC(NC)c1ccncc1Cl. The number of halogens is 1. The maximum Gasteiger partial charge on any atom is 0.0637 e. The Morgan fingerprint density at radius 2 is 2.27 bits per heavy atom. The van der Waals surface area contributed by atoms with Crippen LogP contribution in [0.2, 0.25) is 5.02 Å². The molecule has 1 heterocycles. The molecule has 1 unspecified atom stereocenters. The Balaban J connectivity index is 2.61. The summed E-state index contributed by atoms with van der Waals surface area (Å²) in [4.78, 5) is 4.00. The summed E-state index contributed by atoms with van der Waals surface area (Å²) in [5.41, 5.74) is 1.16. The second kappa shape index (κ2) is 6.81. The van der Waals surface area contributed by atoms with Crippen LogP contribution in [-0.2, 0) is 0 Å². The Kier molecular flexibility index (Phi) is 5.66. The van der Waals surface area contributed by atoms with Gasteiger partial charge in [-0.25, -0.2) is 0 Å². The Morgan fingerprint density at radius 3 is 2.87 bits per heavy atom. The minimum atomic E-state index is 0.354. The minimum Gasteiger partial charge on any atom is -0.313 e. The first kappa shape index (κ1) is 12.5. The number of aromatic nitrogens is 1. The van der Waals surface area contributed by atoms with Gasteiger partial charge in [0.05, 0.1) is 5.02 Å². The van der Waals surface area contributed by atoms with Crippen LogP contribution in [0.3, 0.4) is 0 Å². The van der Waals surface area contributed by atoms with Crippen molar-refractivity contribution in [2.45, 2.75) is 38.6 Å². The lowest BCUT2D eigenvalue weighted by Crippen LogP contribution is -2.16. The van der Waals surface area contributed by atoms with Crippen LogP contribution in [0.1, 0.15) is 44.2 Å². The van der Waals surface area contributed by atoms with E-state index >= 15 is 0 Å². The van der Waals surface area contributed by atoms with Gasteiger partial charge in [-0.2, -0.15) is 0 Å². The Labute approximate surface area is 97.1 Å². The van der Waals surface area contributed by atoms with Crippen molar-refractivity contribution < 1.29 is 0 Å². The third-order valence-corrected chi connectivity index (χ3v) is 2.94. The van der Waals surface area contributed by atoms with E-state index in [1.54, 1.807) is 12.4 Å². The summed E-state index contributed by atoms with van der Waals surface area (Å²) in [7, 11) is 1.98. The fourth-order valence-corrected chi connectivity index (χ4v) is 1.97. The Bertz CT molecular complexity index is 289. The van der Waals surface area contributed by atoms with E-state index in [-0.39, 0.29) is 0 Å². The van der Waals surface area contributed by atoms with Crippen molar-refractivity contribution in [3.63, 3.8) is 0 Å². The van der Waals surface area contributed by atoms with Crippen LogP contribution in [-0.4, -0.2) is 12.0 Å². The van der Waals surface area contributed by atoms with Crippen molar-refractivity contribution in [2.24, 2.45) is 0 Å². The molecule has 0 spiro atoms. The molecule has 0 aliphatic carbocycles. The molecule has 0 radical (unpaired) electrons. The van der Waals surface area contributed by atoms with E-state index in [0.29, 0.717) is 6.04 Å². The quantitative estimate of drug-likeness (QED) is 0.751. The topological polar surface area (TPSA) is 24.9 Å². The zero-order valence-corrected chi connectivity index (χ0v) is 10.2. The molecule has 0 fully saturated rings. The van der Waals surface area contributed by atoms with Gasteiger partial charge in [0.2, 0.25) is 0 Å². The number of hydrogen-bond acceptors (Lipinski definition) is 2. The summed E-state index contributed by atoms with van der Waals surface area (Å²) in [6.07, 6.45) is 8.41. The van der Waals surface area contributed by atoms with Gasteiger partial charge in [0.1, 0.15) is 0 Å². The van der Waals surface area contributed by atoms with E-state index in [0.717, 1.165) is 17.0 Å². The summed E-state index contributed by atoms with van der Waals surface area (Å²) < 4.78 is 0. The van der Waals surface area contributed by atoms with Gasteiger partial charge in [-0.15, -0.1) is 0 Å². The fraction of sp³-hybridized carbons (Fsp3) is 0.583. The van der Waals surface area contributed by atoms with Crippen LogP contribution in [0.15, 0.2) is 18.5 Å². The van der Waals surface area contributed by atoms with Gasteiger partial charge < -0.3 is 5.32 Å². The zero-order valence-electron chi connectivity index (χ0n) is 9.46. The highest BCUT2D eigenvalue weighted by atomic mass is 35.5. The maximum absolute atomic E-state index is 6.11. The average Bonchev–Trinajstić information content (AvgIpc) is 2.26. The first-order chi connectivity index (χ1) is 7.29. The predicted octanol–water partition coefficient (Wildman–Crippen LogP) is 3.58. The third kappa shape index (κ3) is 3.80. The molecule has 0 aliphatic heterocycles. The lowest BCUT2D eigenvalue weighted by atomic mass is 10.0. The van der Waals surface area contributed by atoms with E-state index in [1.807, 2.05) is 13.1 Å². The van der Waals surface area contributed by atoms with Gasteiger partial charge in [-0.1, -0.05) is 37.8 Å². The van der Waals surface area contributed by atoms with E-state index in [1.165, 1.54) is 19.3 Å². The van der Waals surface area contributed by atoms with Gasteiger partial charge in [0, 0.05) is 18.4 Å². The van der Waals surface area contributed by atoms with Gasteiger partial charge in [0.15, 0.2) is 0 Å². The number of nitrogens with one attached hydrogen (secondary N) is 1. The summed E-state index contributed by atoms with van der Waals surface area (Å²) in [6.45, 7) is 2.22. The van der Waals surface area contributed by atoms with Crippen molar-refractivity contribution in [1.82, 2.24) is 10.3 Å². The van der Waals surface area contributed by atoms with E-state index in [9.17, 15) is 0 Å². The maximum atomic E-state index is 6.11. The van der Waals surface area contributed by atoms with Gasteiger partial charge >= 0.3 is 0 Å². The number of unbranched alkanes of at least 4 members (excludes halogenated alkanes) is 2. The third-order valence-electron chi connectivity index (χ3n) is 2.62. The second-order valence-corrected chi connectivity index (χ2v) is 4.14. The van der Waals surface area contributed by atoms with Crippen LogP contribution in [0.25, 0.3) is 0 Å². The van der Waals surface area contributed by atoms with Crippen molar-refractivity contribution in [3.8, 4) is 0 Å². The first-order valence-electron chi connectivity index (χ1n) is 5.56. The first-order valence-corrected chi connectivity index (χ1v) is 5.94. The molecule has 0 saturated heterocycles. The van der Waals surface area contributed by atoms with Gasteiger partial charge in [-0.3, -0.25) is 4.98 Å². The van der Waals surface area contributed by atoms with Gasteiger partial charge in [-0.05, 0) is 25.1 Å². The fourth-order valence-electron chi connectivity index (χ4n) is 1.72. The average molecular weight is 227 g/mol. The summed E-state index contributed by atoms with van der Waals surface area (Å²) >= 11 is 6.11. The number of nitrogens with zero attached hydrogens (tertiary/aromatic N) is 1. The van der Waals surface area contributed by atoms with E-state index < -0.39 is 0 Å². The number of hydrogen-bond donors (Lipinski definition) is 1. The smallest absolute Gasteiger partial charge is 0.0637 e. The lowest BCUT2D eigenvalue weighted by Gasteiger charge is -2.17. The monoisotopic (exact) mass is 226 g/mol. The van der Waals surface area contributed by atoms with Crippen molar-refractivity contribution in [2.75, 3.05) is 7.05 Å². The molecule has 3 heteroatoms. The van der Waals surface area contributed by atoms with Crippen LogP contribution < -0.4 is 5.32 Å². The zero-order chi connectivity index (χ0) is 11.1. The molecule has 84 valence electrons. The molecule has 0 bridgehead atoms. The second-order valence-electron chi connectivity index (χ2n) is 3.73. The molecule has 2 nitrogen and oxygen atoms in total. The van der Waals surface area contributed by atoms with E-state index in [2.05, 4.69) is 17.2 Å². The molecule has 0 aliphatic rings. The summed E-state index contributed by atoms with van der Waals surface area (Å²) in [5.74, 6) is 0. The summed E-state index contributed by atoms with van der Waals surface area (Å²) in [6, 6.07) is 2.35. The molecule has 1 rings (SSSR count). The molecule has 1 N–H and O–H groups in total. The summed E-state index contributed by atoms with van der Waals surface area (Å²) in [5, 5.41) is 4.06. The molecule has 0 saturated carbocycles. The minimum absolute atomic E-state index is 0.354. The van der Waals surface area contributed by atoms with Crippen molar-refractivity contribution in [3.05, 3.63) is 29.0 Å². The van der Waals surface area contributed by atoms with Crippen LogP contribution in [0.4, 0.5) is 0 Å². The number of pyridine rings is 1. The van der Waals surface area contributed by atoms with Crippen LogP contribution in [0, 0.1) is 0 Å². The molecule has 1 aromatic heterocycles. The van der Waals surface area contributed by atoms with Gasteiger partial charge in [0.25, 0.3) is 0 Å². The standard InChI is InChI=1S/C12H19ClN2/c1-3-4-5-6-12(14-2)10-7-8-15-9-11(10)13/h7-9,12,14H,3-6H2,1-2H3.